The molecule has 2 aliphatic rings. The smallest absolute Gasteiger partial charge is 0.414 e. The molecule has 1 aromatic rings. The van der Waals surface area contributed by atoms with Crippen LogP contribution in [0.15, 0.2) is 18.2 Å². The first-order chi connectivity index (χ1) is 14.0. The van der Waals surface area contributed by atoms with Crippen molar-refractivity contribution in [3.05, 3.63) is 24.0 Å². The Balaban J connectivity index is 1.54. The number of amides is 2. The minimum absolute atomic E-state index is 0.103. The van der Waals surface area contributed by atoms with Gasteiger partial charge >= 0.3 is 6.09 Å². The Kier molecular flexibility index (Phi) is 7.53. The molecule has 0 aliphatic carbocycles. The predicted molar refractivity (Wildman–Crippen MR) is 104 cm³/mol. The van der Waals surface area contributed by atoms with Gasteiger partial charge in [-0.05, 0) is 25.0 Å². The van der Waals surface area contributed by atoms with Gasteiger partial charge in [-0.1, -0.05) is 0 Å². The zero-order valence-electron chi connectivity index (χ0n) is 16.3. The van der Waals surface area contributed by atoms with Crippen molar-refractivity contribution in [2.24, 2.45) is 0 Å². The predicted octanol–water partition coefficient (Wildman–Crippen LogP) is 2.27. The molecular formula is C18H24FN3O6S. The third-order valence-electron chi connectivity index (χ3n) is 4.58. The lowest BCUT2D eigenvalue weighted by atomic mass is 10.1. The summed E-state index contributed by atoms with van der Waals surface area (Å²) in [5.74, 6) is -0.599. The van der Waals surface area contributed by atoms with Crippen LogP contribution in [-0.2, 0) is 18.8 Å². The van der Waals surface area contributed by atoms with E-state index < -0.39 is 18.0 Å². The van der Waals surface area contributed by atoms with E-state index in [0.717, 1.165) is 38.2 Å². The van der Waals surface area contributed by atoms with E-state index in [0.29, 0.717) is 5.69 Å². The molecule has 1 N–H and O–H groups in total. The number of piperidine rings is 1. The van der Waals surface area contributed by atoms with Gasteiger partial charge in [-0.3, -0.25) is 9.69 Å². The van der Waals surface area contributed by atoms with Crippen molar-refractivity contribution < 1.29 is 32.7 Å². The van der Waals surface area contributed by atoms with Gasteiger partial charge in [-0.25, -0.2) is 18.4 Å². The molecule has 0 aromatic heterocycles. The standard InChI is InChI=1S/C18H24FN3O6S/c1-12(23)20-10-15-11-22(18(24)27-15)13-3-4-17(16(19)9-13)26-14-5-7-21(8-6-14)29-28-25-2/h3-4,9,14-15H,5-8,10-11H2,1-2H3,(H,20,23)/t15-/m0/s1. The molecule has 11 heteroatoms. The van der Waals surface area contributed by atoms with Crippen LogP contribution in [0.1, 0.15) is 19.8 Å². The lowest BCUT2D eigenvalue weighted by molar-refractivity contribution is -0.164. The monoisotopic (exact) mass is 429 g/mol. The van der Waals surface area contributed by atoms with E-state index in [1.807, 2.05) is 4.31 Å². The first-order valence-electron chi connectivity index (χ1n) is 9.27. The van der Waals surface area contributed by atoms with Crippen LogP contribution in [0.25, 0.3) is 0 Å². The maximum Gasteiger partial charge on any atom is 0.414 e. The van der Waals surface area contributed by atoms with E-state index in [-0.39, 0.29) is 30.9 Å². The maximum absolute atomic E-state index is 14.6. The van der Waals surface area contributed by atoms with Crippen LogP contribution in [0.5, 0.6) is 5.75 Å². The molecule has 3 rings (SSSR count). The largest absolute Gasteiger partial charge is 0.487 e. The highest BCUT2D eigenvalue weighted by molar-refractivity contribution is 7.92. The lowest BCUT2D eigenvalue weighted by Crippen LogP contribution is -2.34. The molecule has 2 aliphatic heterocycles. The Labute approximate surface area is 172 Å². The van der Waals surface area contributed by atoms with Crippen molar-refractivity contribution in [1.82, 2.24) is 9.62 Å². The number of halogens is 1. The normalized spacial score (nSPS) is 20.6. The van der Waals surface area contributed by atoms with Crippen molar-refractivity contribution in [2.75, 3.05) is 38.2 Å². The molecule has 0 radical (unpaired) electrons. The van der Waals surface area contributed by atoms with Crippen LogP contribution in [0, 0.1) is 5.82 Å². The van der Waals surface area contributed by atoms with Crippen LogP contribution in [0.2, 0.25) is 0 Å². The molecule has 2 saturated heterocycles. The molecule has 0 unspecified atom stereocenters. The van der Waals surface area contributed by atoms with Crippen molar-refractivity contribution in [3.63, 3.8) is 0 Å². The Morgan fingerprint density at radius 2 is 2.14 bits per heavy atom. The van der Waals surface area contributed by atoms with Gasteiger partial charge in [-0.15, -0.1) is 4.33 Å². The molecule has 2 amide bonds. The van der Waals surface area contributed by atoms with Crippen molar-refractivity contribution >= 4 is 29.9 Å². The molecule has 0 spiro atoms. The number of benzene rings is 1. The Bertz CT molecular complexity index is 732. The highest BCUT2D eigenvalue weighted by Crippen LogP contribution is 2.29. The van der Waals surface area contributed by atoms with Gasteiger partial charge in [0.2, 0.25) is 5.91 Å². The molecule has 1 atom stereocenters. The molecule has 0 saturated carbocycles. The van der Waals surface area contributed by atoms with Crippen LogP contribution in [0.4, 0.5) is 14.9 Å². The van der Waals surface area contributed by atoms with Gasteiger partial charge in [-0.2, -0.15) is 0 Å². The van der Waals surface area contributed by atoms with Crippen LogP contribution in [0.3, 0.4) is 0 Å². The first kappa shape index (κ1) is 21.6. The molecule has 2 fully saturated rings. The quantitative estimate of drug-likeness (QED) is 0.291. The van der Waals surface area contributed by atoms with E-state index in [1.54, 1.807) is 6.07 Å². The van der Waals surface area contributed by atoms with Gasteiger partial charge in [0, 0.05) is 26.1 Å². The zero-order chi connectivity index (χ0) is 20.8. The highest BCUT2D eigenvalue weighted by Gasteiger charge is 2.33. The third kappa shape index (κ3) is 5.95. The number of hydrogen-bond acceptors (Lipinski definition) is 8. The summed E-state index contributed by atoms with van der Waals surface area (Å²) in [6.45, 7) is 3.30. The highest BCUT2D eigenvalue weighted by atomic mass is 32.2. The van der Waals surface area contributed by atoms with Gasteiger partial charge in [0.25, 0.3) is 0 Å². The number of carbonyl (C=O) groups excluding carboxylic acids is 2. The molecule has 29 heavy (non-hydrogen) atoms. The summed E-state index contributed by atoms with van der Waals surface area (Å²) in [7, 11) is 1.44. The van der Waals surface area contributed by atoms with E-state index in [2.05, 4.69) is 10.2 Å². The number of anilines is 1. The average Bonchev–Trinajstić information content (AvgIpc) is 3.08. The maximum atomic E-state index is 14.6. The number of hydrogen-bond donors (Lipinski definition) is 1. The van der Waals surface area contributed by atoms with E-state index in [1.165, 1.54) is 31.1 Å². The molecule has 1 aromatic carbocycles. The van der Waals surface area contributed by atoms with Crippen LogP contribution >= 0.6 is 12.2 Å². The second kappa shape index (κ2) is 10.1. The summed E-state index contributed by atoms with van der Waals surface area (Å²) >= 11 is 1.14. The van der Waals surface area contributed by atoms with Crippen molar-refractivity contribution in [1.29, 1.82) is 0 Å². The summed E-state index contributed by atoms with van der Waals surface area (Å²) in [4.78, 5) is 29.0. The topological polar surface area (TPSA) is 89.6 Å². The number of rotatable bonds is 8. The minimum atomic E-state index is -0.573. The van der Waals surface area contributed by atoms with E-state index in [4.69, 9.17) is 13.8 Å². The van der Waals surface area contributed by atoms with Gasteiger partial charge in [0.1, 0.15) is 24.4 Å². The fourth-order valence-corrected chi connectivity index (χ4v) is 3.63. The van der Waals surface area contributed by atoms with Gasteiger partial charge in [0.05, 0.1) is 25.9 Å². The fourth-order valence-electron chi connectivity index (χ4n) is 3.13. The molecule has 9 nitrogen and oxygen atoms in total. The fraction of sp³-hybridized carbons (Fsp3) is 0.556. The third-order valence-corrected chi connectivity index (χ3v) is 5.35. The zero-order valence-corrected chi connectivity index (χ0v) is 17.1. The Morgan fingerprint density at radius 3 is 2.79 bits per heavy atom. The van der Waals surface area contributed by atoms with E-state index >= 15 is 0 Å². The Hall–Kier alpha value is -2.08. The minimum Gasteiger partial charge on any atom is -0.487 e. The van der Waals surface area contributed by atoms with Crippen LogP contribution in [-0.4, -0.2) is 61.8 Å². The molecule has 160 valence electrons. The summed E-state index contributed by atoms with van der Waals surface area (Å²) in [5, 5.41) is 2.60. The summed E-state index contributed by atoms with van der Waals surface area (Å²) in [6.07, 6.45) is 0.301. The molecular weight excluding hydrogens is 405 g/mol. The average molecular weight is 429 g/mol. The SMILES string of the molecule is COOSN1CCC(Oc2ccc(N3C[C@H](CNC(C)=O)OC3=O)cc2F)CC1. The Morgan fingerprint density at radius 1 is 1.38 bits per heavy atom. The second-order valence-electron chi connectivity index (χ2n) is 6.72. The number of nitrogens with zero attached hydrogens (tertiary/aromatic N) is 2. The van der Waals surface area contributed by atoms with E-state index in [9.17, 15) is 14.0 Å². The number of cyclic esters (lactones) is 1. The lowest BCUT2D eigenvalue weighted by Gasteiger charge is -2.30. The number of carbonyl (C=O) groups is 2. The van der Waals surface area contributed by atoms with Crippen molar-refractivity contribution in [3.8, 4) is 5.75 Å². The molecule has 0 bridgehead atoms. The summed E-state index contributed by atoms with van der Waals surface area (Å²) < 4.78 is 32.4. The van der Waals surface area contributed by atoms with Gasteiger partial charge < -0.3 is 14.8 Å². The second-order valence-corrected chi connectivity index (χ2v) is 7.53. The van der Waals surface area contributed by atoms with Gasteiger partial charge in [0.15, 0.2) is 11.6 Å². The number of nitrogens with one attached hydrogen (secondary N) is 1. The first-order valence-corrected chi connectivity index (χ1v) is 9.97. The number of ether oxygens (including phenoxy) is 2. The summed E-state index contributed by atoms with van der Waals surface area (Å²) in [6, 6.07) is 4.40. The van der Waals surface area contributed by atoms with Crippen molar-refractivity contribution in [2.45, 2.75) is 32.0 Å². The van der Waals surface area contributed by atoms with Crippen LogP contribution < -0.4 is 15.0 Å². The summed E-state index contributed by atoms with van der Waals surface area (Å²) in [5.41, 5.74) is 0.383. The molecule has 2 heterocycles.